The number of halogens is 1. The van der Waals surface area contributed by atoms with Crippen molar-refractivity contribution in [2.45, 2.75) is 17.9 Å². The molecule has 3 N–H and O–H groups in total. The summed E-state index contributed by atoms with van der Waals surface area (Å²) in [5.41, 5.74) is 8.19. The molecule has 4 rings (SSSR count). The Balaban J connectivity index is 1.86. The molecule has 2 aromatic carbocycles. The number of rotatable bonds is 5. The Labute approximate surface area is 176 Å². The molecule has 2 aromatic heterocycles. The van der Waals surface area contributed by atoms with Crippen molar-refractivity contribution in [1.82, 2.24) is 19.5 Å². The molecule has 0 saturated heterocycles. The van der Waals surface area contributed by atoms with Crippen molar-refractivity contribution in [2.75, 3.05) is 17.3 Å². The van der Waals surface area contributed by atoms with Gasteiger partial charge in [0.05, 0.1) is 17.1 Å². The fourth-order valence-corrected chi connectivity index (χ4v) is 3.73. The van der Waals surface area contributed by atoms with Crippen LogP contribution in [-0.4, -0.2) is 25.8 Å². The van der Waals surface area contributed by atoms with Gasteiger partial charge in [0, 0.05) is 16.6 Å². The lowest BCUT2D eigenvalue weighted by molar-refractivity contribution is 0.629. The van der Waals surface area contributed by atoms with Crippen molar-refractivity contribution in [3.05, 3.63) is 66.0 Å². The van der Waals surface area contributed by atoms with E-state index in [1.54, 1.807) is 17.8 Å². The standard InChI is InChI=1S/C21H18FN7S/c1-12(27-20-16(10-23)19(24)25-11-26-20)21-28-17-8-13(22)6-7-18(17)29(21)14-4-3-5-15(9-14)30-2/h3-9,11-12H,1-2H3,(H3,24,25,26,27). The number of benzene rings is 2. The van der Waals surface area contributed by atoms with Gasteiger partial charge in [0.1, 0.15) is 41.2 Å². The molecular formula is C21H18FN7S. The van der Waals surface area contributed by atoms with Crippen LogP contribution < -0.4 is 11.1 Å². The zero-order chi connectivity index (χ0) is 21.3. The summed E-state index contributed by atoms with van der Waals surface area (Å²) in [6.45, 7) is 1.89. The number of imidazole rings is 1. The number of hydrogen-bond donors (Lipinski definition) is 2. The average molecular weight is 419 g/mol. The van der Waals surface area contributed by atoms with E-state index in [0.717, 1.165) is 16.1 Å². The first-order chi connectivity index (χ1) is 14.5. The molecule has 150 valence electrons. The first-order valence-electron chi connectivity index (χ1n) is 9.11. The summed E-state index contributed by atoms with van der Waals surface area (Å²) in [6.07, 6.45) is 3.31. The lowest BCUT2D eigenvalue weighted by Gasteiger charge is -2.18. The number of nitrogen functional groups attached to an aromatic ring is 1. The molecule has 7 nitrogen and oxygen atoms in total. The van der Waals surface area contributed by atoms with Crippen molar-refractivity contribution < 1.29 is 4.39 Å². The van der Waals surface area contributed by atoms with E-state index in [1.807, 2.05) is 42.0 Å². The van der Waals surface area contributed by atoms with Gasteiger partial charge in [0.2, 0.25) is 0 Å². The molecule has 30 heavy (non-hydrogen) atoms. The van der Waals surface area contributed by atoms with E-state index >= 15 is 0 Å². The monoisotopic (exact) mass is 419 g/mol. The average Bonchev–Trinajstić information content (AvgIpc) is 3.12. The molecule has 2 heterocycles. The van der Waals surface area contributed by atoms with Crippen LogP contribution in [0.25, 0.3) is 16.7 Å². The number of hydrogen-bond acceptors (Lipinski definition) is 7. The third-order valence-electron chi connectivity index (χ3n) is 4.68. The predicted molar refractivity (Wildman–Crippen MR) is 116 cm³/mol. The molecule has 0 fully saturated rings. The molecule has 1 atom stereocenters. The molecule has 0 amide bonds. The molecule has 0 bridgehead atoms. The molecule has 0 aliphatic heterocycles. The van der Waals surface area contributed by atoms with Gasteiger partial charge in [-0.15, -0.1) is 11.8 Å². The van der Waals surface area contributed by atoms with E-state index in [2.05, 4.69) is 26.3 Å². The van der Waals surface area contributed by atoms with E-state index in [9.17, 15) is 9.65 Å². The van der Waals surface area contributed by atoms with Crippen LogP contribution in [0.2, 0.25) is 0 Å². The molecule has 0 spiro atoms. The highest BCUT2D eigenvalue weighted by Gasteiger charge is 2.20. The van der Waals surface area contributed by atoms with Crippen LogP contribution in [-0.2, 0) is 0 Å². The topological polar surface area (TPSA) is 105 Å². The van der Waals surface area contributed by atoms with Crippen LogP contribution >= 0.6 is 11.8 Å². The summed E-state index contributed by atoms with van der Waals surface area (Å²) < 4.78 is 15.8. The fraction of sp³-hybridized carbons (Fsp3) is 0.143. The highest BCUT2D eigenvalue weighted by molar-refractivity contribution is 7.98. The van der Waals surface area contributed by atoms with Crippen molar-refractivity contribution in [2.24, 2.45) is 0 Å². The van der Waals surface area contributed by atoms with Crippen LogP contribution in [0.4, 0.5) is 16.0 Å². The SMILES string of the molecule is CSc1cccc(-n2c(C(C)Nc3ncnc(N)c3C#N)nc3cc(F)ccc32)c1. The summed E-state index contributed by atoms with van der Waals surface area (Å²) in [5, 5.41) is 12.6. The summed E-state index contributed by atoms with van der Waals surface area (Å²) in [6, 6.07) is 14.2. The van der Waals surface area contributed by atoms with Crippen LogP contribution in [0.5, 0.6) is 0 Å². The molecule has 0 saturated carbocycles. The maximum Gasteiger partial charge on any atom is 0.150 e. The van der Waals surface area contributed by atoms with Crippen LogP contribution in [0.15, 0.2) is 53.7 Å². The first-order valence-corrected chi connectivity index (χ1v) is 10.3. The lowest BCUT2D eigenvalue weighted by Crippen LogP contribution is -2.15. The van der Waals surface area contributed by atoms with Crippen molar-refractivity contribution in [3.63, 3.8) is 0 Å². The van der Waals surface area contributed by atoms with E-state index in [0.29, 0.717) is 17.2 Å². The number of nitriles is 1. The molecule has 1 unspecified atom stereocenters. The van der Waals surface area contributed by atoms with E-state index in [-0.39, 0.29) is 23.2 Å². The highest BCUT2D eigenvalue weighted by atomic mass is 32.2. The van der Waals surface area contributed by atoms with Crippen LogP contribution in [0.1, 0.15) is 24.4 Å². The van der Waals surface area contributed by atoms with Gasteiger partial charge in [0.25, 0.3) is 0 Å². The smallest absolute Gasteiger partial charge is 0.150 e. The second kappa shape index (κ2) is 8.00. The van der Waals surface area contributed by atoms with Gasteiger partial charge in [-0.3, -0.25) is 4.57 Å². The lowest BCUT2D eigenvalue weighted by atomic mass is 10.2. The Kier molecular flexibility index (Phi) is 5.25. The summed E-state index contributed by atoms with van der Waals surface area (Å²) in [7, 11) is 0. The Bertz CT molecular complexity index is 1280. The van der Waals surface area contributed by atoms with Crippen molar-refractivity contribution in [3.8, 4) is 11.8 Å². The van der Waals surface area contributed by atoms with E-state index in [1.165, 1.54) is 18.5 Å². The Hall–Kier alpha value is -3.64. The number of nitrogens with zero attached hydrogens (tertiary/aromatic N) is 5. The quantitative estimate of drug-likeness (QED) is 0.465. The Morgan fingerprint density at radius 2 is 2.07 bits per heavy atom. The van der Waals surface area contributed by atoms with Gasteiger partial charge in [-0.05, 0) is 43.5 Å². The number of aromatic nitrogens is 4. The zero-order valence-electron chi connectivity index (χ0n) is 16.3. The third kappa shape index (κ3) is 3.53. The highest BCUT2D eigenvalue weighted by Crippen LogP contribution is 2.30. The number of thioether (sulfide) groups is 1. The summed E-state index contributed by atoms with van der Waals surface area (Å²) in [4.78, 5) is 13.8. The van der Waals surface area contributed by atoms with E-state index in [4.69, 9.17) is 5.73 Å². The van der Waals surface area contributed by atoms with Gasteiger partial charge in [-0.25, -0.2) is 19.3 Å². The summed E-state index contributed by atoms with van der Waals surface area (Å²) >= 11 is 1.64. The zero-order valence-corrected chi connectivity index (χ0v) is 17.1. The Morgan fingerprint density at radius 1 is 1.23 bits per heavy atom. The number of nitrogens with one attached hydrogen (secondary N) is 1. The Morgan fingerprint density at radius 3 is 2.83 bits per heavy atom. The van der Waals surface area contributed by atoms with Gasteiger partial charge >= 0.3 is 0 Å². The number of nitrogens with two attached hydrogens (primary N) is 1. The van der Waals surface area contributed by atoms with Gasteiger partial charge in [-0.2, -0.15) is 5.26 Å². The van der Waals surface area contributed by atoms with Gasteiger partial charge < -0.3 is 11.1 Å². The first kappa shape index (κ1) is 19.7. The maximum atomic E-state index is 13.9. The van der Waals surface area contributed by atoms with Crippen molar-refractivity contribution >= 4 is 34.4 Å². The maximum absolute atomic E-state index is 13.9. The van der Waals surface area contributed by atoms with Gasteiger partial charge in [0.15, 0.2) is 0 Å². The van der Waals surface area contributed by atoms with Crippen LogP contribution in [0, 0.1) is 17.1 Å². The molecule has 9 heteroatoms. The summed E-state index contributed by atoms with van der Waals surface area (Å²) in [5.74, 6) is 0.716. The number of anilines is 2. The molecule has 0 aliphatic carbocycles. The largest absolute Gasteiger partial charge is 0.382 e. The minimum absolute atomic E-state index is 0.102. The molecule has 4 aromatic rings. The molecule has 0 radical (unpaired) electrons. The second-order valence-corrected chi connectivity index (χ2v) is 7.48. The molecule has 0 aliphatic rings. The third-order valence-corrected chi connectivity index (χ3v) is 5.41. The molecular weight excluding hydrogens is 401 g/mol. The fourth-order valence-electron chi connectivity index (χ4n) is 3.27. The number of fused-ring (bicyclic) bond motifs is 1. The minimum atomic E-state index is -0.361. The predicted octanol–water partition coefficient (Wildman–Crippen LogP) is 4.30. The van der Waals surface area contributed by atoms with E-state index < -0.39 is 0 Å². The van der Waals surface area contributed by atoms with Crippen molar-refractivity contribution in [1.29, 1.82) is 5.26 Å². The van der Waals surface area contributed by atoms with Crippen LogP contribution in [0.3, 0.4) is 0 Å². The second-order valence-electron chi connectivity index (χ2n) is 6.60. The minimum Gasteiger partial charge on any atom is -0.382 e. The normalized spacial score (nSPS) is 11.9. The van der Waals surface area contributed by atoms with Gasteiger partial charge in [-0.1, -0.05) is 6.07 Å².